The number of nitrogens with zero attached hydrogens (tertiary/aromatic N) is 3. The van der Waals surface area contributed by atoms with Gasteiger partial charge in [0.25, 0.3) is 5.91 Å². The van der Waals surface area contributed by atoms with E-state index < -0.39 is 30.2 Å². The number of amides is 4. The molecule has 0 aliphatic carbocycles. The number of nitrogens with one attached hydrogen (secondary N) is 2. The minimum absolute atomic E-state index is 0.00000574. The first-order valence-electron chi connectivity index (χ1n) is 18.6. The van der Waals surface area contributed by atoms with Crippen LogP contribution in [0.1, 0.15) is 86.6 Å². The zero-order valence-corrected chi connectivity index (χ0v) is 35.3. The van der Waals surface area contributed by atoms with Crippen molar-refractivity contribution in [3.05, 3.63) is 35.9 Å². The van der Waals surface area contributed by atoms with Crippen molar-refractivity contribution < 1.29 is 28.7 Å². The number of carbonyl (C=O) groups excluding carboxylic acids is 4. The van der Waals surface area contributed by atoms with Gasteiger partial charge in [-0.25, -0.2) is 0 Å². The number of hydrogen-bond acceptors (Lipinski definition) is 7. The average molecular weight is 828 g/mol. The Morgan fingerprint density at radius 2 is 1.55 bits per heavy atom. The Morgan fingerprint density at radius 1 is 0.922 bits per heavy atom. The van der Waals surface area contributed by atoms with Crippen LogP contribution >= 0.6 is 22.9 Å². The summed E-state index contributed by atoms with van der Waals surface area (Å²) in [6, 6.07) is 8.17. The third kappa shape index (κ3) is 12.4. The fourth-order valence-corrected chi connectivity index (χ4v) is 8.66. The fraction of sp³-hybridized carbons (Fsp3) is 0.744. The molecular weight excluding hydrogens is 761 g/mol. The maximum absolute atomic E-state index is 14.2. The zero-order valence-electron chi connectivity index (χ0n) is 33.1. The van der Waals surface area contributed by atoms with Crippen molar-refractivity contribution in [3.63, 3.8) is 0 Å². The van der Waals surface area contributed by atoms with Gasteiger partial charge in [-0.3, -0.25) is 27.2 Å². The molecule has 0 aromatic heterocycles. The van der Waals surface area contributed by atoms with Crippen molar-refractivity contribution in [3.8, 4) is 0 Å². The molecule has 1 saturated heterocycles. The van der Waals surface area contributed by atoms with E-state index in [2.05, 4.69) is 24.5 Å². The SMILES string of the molecule is CC[C@H](C)[C@@H]([C@@H](CC(=O)N1CCC[C@H]1[C@H](OC)[C@@H](C)C(=O)N[C@H](C)Cc1ccccc1)OC)N(I)C(=O)[C@@H](NC(=O)[C@H](C(C)C)N(C)C)C(C)C. The molecule has 1 aliphatic heterocycles. The average Bonchev–Trinajstić information content (AvgIpc) is 3.56. The number of carbonyl (C=O) groups is 4. The van der Waals surface area contributed by atoms with Crippen molar-refractivity contribution in [2.24, 2.45) is 23.7 Å². The molecule has 51 heavy (non-hydrogen) atoms. The summed E-state index contributed by atoms with van der Waals surface area (Å²) in [6.45, 7) is 16.4. The van der Waals surface area contributed by atoms with Gasteiger partial charge in [0.05, 0.1) is 65.5 Å². The summed E-state index contributed by atoms with van der Waals surface area (Å²) < 4.78 is 13.6. The fourth-order valence-electron chi connectivity index (χ4n) is 7.46. The first kappa shape index (κ1) is 44.9. The van der Waals surface area contributed by atoms with Gasteiger partial charge in [-0.05, 0) is 63.6 Å². The quantitative estimate of drug-likeness (QED) is 0.139. The van der Waals surface area contributed by atoms with Crippen LogP contribution in [-0.4, -0.2) is 114 Å². The standard InChI is InChI=1S/C39H66IN5O6/c1-13-26(6)35(45(40)39(49)33(24(2)3)42-38(48)34(25(4)5)43(9)10)31(50-11)23-32(46)44-21-17-20-30(44)36(51-12)28(8)37(47)41-27(7)22-29-18-15-14-16-19-29/h14-16,18-19,24-28,30-31,33-36H,13,17,20-23H2,1-12H3,(H,41,47)(H,42,48)/t26-,27+,28+,30-,31+,33-,34-,35-,36+/m0/s1. The van der Waals surface area contributed by atoms with E-state index in [0.29, 0.717) is 6.54 Å². The normalized spacial score (nSPS) is 19.6. The van der Waals surface area contributed by atoms with E-state index in [1.807, 2.05) is 119 Å². The van der Waals surface area contributed by atoms with E-state index in [1.165, 1.54) is 0 Å². The van der Waals surface area contributed by atoms with Crippen LogP contribution in [0, 0.1) is 23.7 Å². The van der Waals surface area contributed by atoms with Gasteiger partial charge in [0.1, 0.15) is 6.04 Å². The molecule has 0 spiro atoms. The molecular formula is C39H66IN5O6. The van der Waals surface area contributed by atoms with E-state index in [9.17, 15) is 19.2 Å². The lowest BCUT2D eigenvalue weighted by molar-refractivity contribution is -0.144. The molecule has 0 bridgehead atoms. The third-order valence-corrected chi connectivity index (χ3v) is 11.5. The lowest BCUT2D eigenvalue weighted by Gasteiger charge is -2.40. The van der Waals surface area contributed by atoms with Crippen molar-refractivity contribution in [2.75, 3.05) is 34.9 Å². The molecule has 11 nitrogen and oxygen atoms in total. The van der Waals surface area contributed by atoms with E-state index >= 15 is 0 Å². The minimum atomic E-state index is -0.746. The van der Waals surface area contributed by atoms with Crippen molar-refractivity contribution in [2.45, 2.75) is 130 Å². The molecule has 1 aromatic carbocycles. The molecule has 1 aliphatic rings. The summed E-state index contributed by atoms with van der Waals surface area (Å²) in [5, 5.41) is 6.19. The zero-order chi connectivity index (χ0) is 38.6. The first-order valence-corrected chi connectivity index (χ1v) is 19.6. The monoisotopic (exact) mass is 827 g/mol. The van der Waals surface area contributed by atoms with E-state index in [0.717, 1.165) is 31.2 Å². The number of hydrogen-bond donors (Lipinski definition) is 2. The van der Waals surface area contributed by atoms with Gasteiger partial charge in [-0.15, -0.1) is 0 Å². The summed E-state index contributed by atoms with van der Waals surface area (Å²) >= 11 is 2.05. The highest BCUT2D eigenvalue weighted by Crippen LogP contribution is 2.31. The van der Waals surface area contributed by atoms with Crippen molar-refractivity contribution >= 4 is 46.5 Å². The molecule has 1 heterocycles. The van der Waals surface area contributed by atoms with Gasteiger partial charge in [-0.1, -0.05) is 85.2 Å². The molecule has 2 rings (SSSR count). The number of likely N-dealkylation sites (tertiary alicyclic amines) is 1. The highest BCUT2D eigenvalue weighted by Gasteiger charge is 2.43. The van der Waals surface area contributed by atoms with Crippen LogP contribution in [0.2, 0.25) is 0 Å². The molecule has 2 N–H and O–H groups in total. The largest absolute Gasteiger partial charge is 0.379 e. The van der Waals surface area contributed by atoms with Crippen LogP contribution in [0.4, 0.5) is 0 Å². The lowest BCUT2D eigenvalue weighted by atomic mass is 9.90. The van der Waals surface area contributed by atoms with Crippen LogP contribution in [0.5, 0.6) is 0 Å². The Bertz CT molecular complexity index is 1240. The van der Waals surface area contributed by atoms with Crippen LogP contribution in [0.25, 0.3) is 0 Å². The number of rotatable bonds is 20. The second-order valence-corrected chi connectivity index (χ2v) is 16.3. The first-order chi connectivity index (χ1) is 24.0. The third-order valence-electron chi connectivity index (χ3n) is 10.4. The van der Waals surface area contributed by atoms with Gasteiger partial charge in [-0.2, -0.15) is 0 Å². The predicted octanol–water partition coefficient (Wildman–Crippen LogP) is 5.10. The van der Waals surface area contributed by atoms with Crippen molar-refractivity contribution in [1.29, 1.82) is 0 Å². The molecule has 9 atom stereocenters. The van der Waals surface area contributed by atoms with E-state index in [-0.39, 0.29) is 65.9 Å². The number of ether oxygens (including phenoxy) is 2. The molecule has 12 heteroatoms. The van der Waals surface area contributed by atoms with Crippen LogP contribution in [-0.2, 0) is 35.1 Å². The second kappa shape index (κ2) is 21.4. The summed E-state index contributed by atoms with van der Waals surface area (Å²) in [5.74, 6) is -1.19. The van der Waals surface area contributed by atoms with Gasteiger partial charge >= 0.3 is 0 Å². The highest BCUT2D eigenvalue weighted by atomic mass is 127. The number of benzene rings is 1. The maximum Gasteiger partial charge on any atom is 0.254 e. The van der Waals surface area contributed by atoms with Gasteiger partial charge in [0.2, 0.25) is 17.7 Å². The van der Waals surface area contributed by atoms with Gasteiger partial charge in [0, 0.05) is 26.8 Å². The minimum Gasteiger partial charge on any atom is -0.379 e. The molecule has 0 radical (unpaired) electrons. The number of methoxy groups -OCH3 is 2. The van der Waals surface area contributed by atoms with Gasteiger partial charge < -0.3 is 25.0 Å². The van der Waals surface area contributed by atoms with Crippen molar-refractivity contribution in [1.82, 2.24) is 23.5 Å². The topological polar surface area (TPSA) is 121 Å². The summed E-state index contributed by atoms with van der Waals surface area (Å²) in [7, 11) is 6.91. The Hall–Kier alpha value is -2.29. The summed E-state index contributed by atoms with van der Waals surface area (Å²) in [5.41, 5.74) is 1.15. The van der Waals surface area contributed by atoms with Crippen LogP contribution < -0.4 is 10.6 Å². The van der Waals surface area contributed by atoms with E-state index in [1.54, 1.807) is 17.3 Å². The predicted molar refractivity (Wildman–Crippen MR) is 211 cm³/mol. The Labute approximate surface area is 321 Å². The van der Waals surface area contributed by atoms with Crippen LogP contribution in [0.3, 0.4) is 0 Å². The molecule has 290 valence electrons. The molecule has 0 saturated carbocycles. The highest BCUT2D eigenvalue weighted by molar-refractivity contribution is 14.1. The smallest absolute Gasteiger partial charge is 0.254 e. The summed E-state index contributed by atoms with van der Waals surface area (Å²) in [6.07, 6.45) is 1.99. The molecule has 0 unspecified atom stereocenters. The Kier molecular flexibility index (Phi) is 18.8. The van der Waals surface area contributed by atoms with E-state index in [4.69, 9.17) is 9.47 Å². The van der Waals surface area contributed by atoms with Gasteiger partial charge in [0.15, 0.2) is 0 Å². The maximum atomic E-state index is 14.2. The second-order valence-electron chi connectivity index (χ2n) is 15.3. The lowest BCUT2D eigenvalue weighted by Crippen LogP contribution is -2.58. The molecule has 4 amide bonds. The Morgan fingerprint density at radius 3 is 2.06 bits per heavy atom. The molecule has 1 aromatic rings. The van der Waals surface area contributed by atoms with Crippen LogP contribution in [0.15, 0.2) is 30.3 Å². The number of likely N-dealkylation sites (N-methyl/N-ethyl adjacent to an activating group) is 1. The number of halogens is 1. The molecule has 1 fully saturated rings. The Balaban J connectivity index is 2.23. The summed E-state index contributed by atoms with van der Waals surface area (Å²) in [4.78, 5) is 58.9.